The van der Waals surface area contributed by atoms with Crippen LogP contribution in [0.5, 0.6) is 11.5 Å². The van der Waals surface area contributed by atoms with E-state index in [2.05, 4.69) is 63.7 Å². The van der Waals surface area contributed by atoms with Crippen LogP contribution in [0.4, 0.5) is 8.78 Å². The minimum Gasteiger partial charge on any atom is -0.506 e. The molecule has 2 aromatic carbocycles. The Morgan fingerprint density at radius 2 is 1.23 bits per heavy atom. The van der Waals surface area contributed by atoms with Crippen LogP contribution in [0, 0.1) is 11.6 Å². The van der Waals surface area contributed by atoms with Crippen molar-refractivity contribution in [3.05, 3.63) is 53.8 Å². The highest BCUT2D eigenvalue weighted by Crippen LogP contribution is 2.34. The molecular formula is C14H10Br4F2O2. The number of hydrogen-bond donors (Lipinski definition) is 1. The molecule has 0 bridgehead atoms. The lowest BCUT2D eigenvalue weighted by Gasteiger charge is -2.07. The van der Waals surface area contributed by atoms with Gasteiger partial charge in [-0.3, -0.25) is 0 Å². The predicted molar refractivity (Wildman–Crippen MR) is 96.4 cm³/mol. The molecule has 2 nitrogen and oxygen atoms in total. The van der Waals surface area contributed by atoms with Crippen molar-refractivity contribution >= 4 is 63.7 Å². The van der Waals surface area contributed by atoms with Crippen molar-refractivity contribution in [3.8, 4) is 11.5 Å². The summed E-state index contributed by atoms with van der Waals surface area (Å²) in [5, 5.41) is 9.07. The van der Waals surface area contributed by atoms with E-state index in [0.29, 0.717) is 30.2 Å². The van der Waals surface area contributed by atoms with Crippen molar-refractivity contribution in [1.29, 1.82) is 0 Å². The van der Waals surface area contributed by atoms with E-state index in [0.717, 1.165) is 0 Å². The van der Waals surface area contributed by atoms with Gasteiger partial charge in [0.1, 0.15) is 23.1 Å². The number of hydrogen-bond acceptors (Lipinski definition) is 2. The molecule has 2 aromatic rings. The number of aromatic hydroxyl groups is 1. The summed E-state index contributed by atoms with van der Waals surface area (Å²) >= 11 is 12.4. The van der Waals surface area contributed by atoms with Gasteiger partial charge in [-0.1, -0.05) is 0 Å². The van der Waals surface area contributed by atoms with Gasteiger partial charge in [-0.05, 0) is 94.9 Å². The van der Waals surface area contributed by atoms with Crippen molar-refractivity contribution < 1.29 is 18.6 Å². The molecular weight excluding hydrogens is 558 g/mol. The Balaban J connectivity index is 0.000000224. The first-order valence-corrected chi connectivity index (χ1v) is 9.04. The van der Waals surface area contributed by atoms with E-state index < -0.39 is 5.82 Å². The number of rotatable bonds is 2. The zero-order chi connectivity index (χ0) is 16.9. The molecule has 0 saturated carbocycles. The second-order valence-electron chi connectivity index (χ2n) is 3.85. The van der Waals surface area contributed by atoms with Gasteiger partial charge in [0.05, 0.1) is 24.5 Å². The predicted octanol–water partition coefficient (Wildman–Crippen LogP) is 6.81. The summed E-state index contributed by atoms with van der Waals surface area (Å²) < 4.78 is 32.4. The summed E-state index contributed by atoms with van der Waals surface area (Å²) in [5.41, 5.74) is 0. The van der Waals surface area contributed by atoms with Crippen LogP contribution in [0.25, 0.3) is 0 Å². The number of phenolic OH excluding ortho intramolecular Hbond substituents is 1. The van der Waals surface area contributed by atoms with Crippen molar-refractivity contribution in [1.82, 2.24) is 0 Å². The molecule has 22 heavy (non-hydrogen) atoms. The Hall–Kier alpha value is -0.180. The number of benzene rings is 2. The fourth-order valence-corrected chi connectivity index (χ4v) is 3.84. The Morgan fingerprint density at radius 3 is 1.59 bits per heavy atom. The van der Waals surface area contributed by atoms with Crippen LogP contribution in [0.1, 0.15) is 6.92 Å². The molecule has 0 fully saturated rings. The third-order valence-electron chi connectivity index (χ3n) is 2.23. The Kier molecular flexibility index (Phi) is 8.31. The first kappa shape index (κ1) is 19.9. The van der Waals surface area contributed by atoms with Crippen molar-refractivity contribution in [2.45, 2.75) is 6.92 Å². The highest BCUT2D eigenvalue weighted by molar-refractivity contribution is 9.11. The van der Waals surface area contributed by atoms with Crippen molar-refractivity contribution in [2.24, 2.45) is 0 Å². The molecule has 0 aliphatic rings. The molecule has 1 N–H and O–H groups in total. The quantitative estimate of drug-likeness (QED) is 0.432. The van der Waals surface area contributed by atoms with E-state index in [-0.39, 0.29) is 11.6 Å². The van der Waals surface area contributed by atoms with Crippen LogP contribution in [-0.2, 0) is 0 Å². The lowest BCUT2D eigenvalue weighted by Crippen LogP contribution is -1.94. The van der Waals surface area contributed by atoms with E-state index in [1.54, 1.807) is 0 Å². The molecule has 0 amide bonds. The lowest BCUT2D eigenvalue weighted by molar-refractivity contribution is 0.335. The summed E-state index contributed by atoms with van der Waals surface area (Å²) in [7, 11) is 0. The van der Waals surface area contributed by atoms with Gasteiger partial charge in [-0.2, -0.15) is 0 Å². The maximum absolute atomic E-state index is 12.7. The normalized spacial score (nSPS) is 9.95. The van der Waals surface area contributed by atoms with E-state index >= 15 is 0 Å². The van der Waals surface area contributed by atoms with E-state index in [9.17, 15) is 8.78 Å². The molecule has 0 aliphatic carbocycles. The summed E-state index contributed by atoms with van der Waals surface area (Å²) in [6.07, 6.45) is 0. The molecule has 0 aromatic heterocycles. The van der Waals surface area contributed by atoms with Gasteiger partial charge in [0.15, 0.2) is 0 Å². The lowest BCUT2D eigenvalue weighted by atomic mass is 10.3. The zero-order valence-electron chi connectivity index (χ0n) is 11.1. The topological polar surface area (TPSA) is 29.5 Å². The molecule has 0 radical (unpaired) electrons. The molecule has 0 aliphatic heterocycles. The Labute approximate surface area is 160 Å². The molecule has 0 spiro atoms. The van der Waals surface area contributed by atoms with E-state index in [4.69, 9.17) is 9.84 Å². The van der Waals surface area contributed by atoms with Crippen LogP contribution in [0.2, 0.25) is 0 Å². The molecule has 0 saturated heterocycles. The van der Waals surface area contributed by atoms with Gasteiger partial charge >= 0.3 is 0 Å². The molecule has 8 heteroatoms. The molecule has 2 rings (SSSR count). The summed E-state index contributed by atoms with van der Waals surface area (Å²) in [6, 6.07) is 5.13. The first-order chi connectivity index (χ1) is 10.3. The minimum absolute atomic E-state index is 0.0152. The second kappa shape index (κ2) is 9.20. The summed E-state index contributed by atoms with van der Waals surface area (Å²) in [5.74, 6) is -0.0333. The Morgan fingerprint density at radius 1 is 0.864 bits per heavy atom. The van der Waals surface area contributed by atoms with Crippen molar-refractivity contribution in [2.75, 3.05) is 6.61 Å². The Bertz CT molecular complexity index is 619. The maximum atomic E-state index is 12.7. The molecule has 120 valence electrons. The molecule has 0 unspecified atom stereocenters. The van der Waals surface area contributed by atoms with Crippen LogP contribution < -0.4 is 4.74 Å². The van der Waals surface area contributed by atoms with Gasteiger partial charge in [-0.15, -0.1) is 0 Å². The van der Waals surface area contributed by atoms with E-state index in [1.807, 2.05) is 6.92 Å². The summed E-state index contributed by atoms with van der Waals surface area (Å²) in [6.45, 7) is 2.44. The van der Waals surface area contributed by atoms with Crippen molar-refractivity contribution in [3.63, 3.8) is 0 Å². The fraction of sp³-hybridized carbons (Fsp3) is 0.143. The maximum Gasteiger partial charge on any atom is 0.147 e. The van der Waals surface area contributed by atoms with Gasteiger partial charge in [0.25, 0.3) is 0 Å². The highest BCUT2D eigenvalue weighted by atomic mass is 79.9. The average Bonchev–Trinajstić information content (AvgIpc) is 2.40. The monoisotopic (exact) mass is 564 g/mol. The van der Waals surface area contributed by atoms with Crippen LogP contribution >= 0.6 is 63.7 Å². The number of ether oxygens (including phenoxy) is 1. The van der Waals surface area contributed by atoms with Crippen LogP contribution in [-0.4, -0.2) is 11.7 Å². The molecule has 0 heterocycles. The van der Waals surface area contributed by atoms with Gasteiger partial charge in [0.2, 0.25) is 0 Å². The third-order valence-corrected chi connectivity index (χ3v) is 4.62. The summed E-state index contributed by atoms with van der Waals surface area (Å²) in [4.78, 5) is 0. The highest BCUT2D eigenvalue weighted by Gasteiger charge is 2.07. The number of halogens is 6. The van der Waals surface area contributed by atoms with Gasteiger partial charge in [-0.25, -0.2) is 8.78 Å². The third kappa shape index (κ3) is 5.79. The van der Waals surface area contributed by atoms with Gasteiger partial charge < -0.3 is 9.84 Å². The average molecular weight is 568 g/mol. The number of phenols is 1. The first-order valence-electron chi connectivity index (χ1n) is 5.87. The zero-order valence-corrected chi connectivity index (χ0v) is 17.5. The van der Waals surface area contributed by atoms with E-state index in [1.165, 1.54) is 24.3 Å². The molecule has 0 atom stereocenters. The fourth-order valence-electron chi connectivity index (χ4n) is 1.35. The standard InChI is InChI=1S/C8H7Br2FO.C6H3Br2FO/c1-2-12-8-6(9)3-5(11)4-7(8)10;7-4-1-3(9)2-5(8)6(4)10/h3-4H,2H2,1H3;1-2,10H. The SMILES string of the molecule is CCOc1c(Br)cc(F)cc1Br.Oc1c(Br)cc(F)cc1Br. The second-order valence-corrected chi connectivity index (χ2v) is 7.27. The van der Waals surface area contributed by atoms with Crippen LogP contribution in [0.3, 0.4) is 0 Å². The minimum atomic E-state index is -0.392. The largest absolute Gasteiger partial charge is 0.506 e. The smallest absolute Gasteiger partial charge is 0.147 e. The van der Waals surface area contributed by atoms with Gasteiger partial charge in [0, 0.05) is 0 Å². The van der Waals surface area contributed by atoms with Crippen LogP contribution in [0.15, 0.2) is 42.2 Å².